The van der Waals surface area contributed by atoms with Crippen molar-refractivity contribution in [2.45, 2.75) is 18.4 Å². The summed E-state index contributed by atoms with van der Waals surface area (Å²) in [5.74, 6) is 1.58. The van der Waals surface area contributed by atoms with Crippen molar-refractivity contribution in [3.05, 3.63) is 92.9 Å². The highest BCUT2D eigenvalue weighted by molar-refractivity contribution is 9.10. The number of halogens is 2. The van der Waals surface area contributed by atoms with E-state index in [9.17, 15) is 5.11 Å². The largest absolute Gasteiger partial charge is 0.508 e. The number of ether oxygens (including phenoxy) is 1. The van der Waals surface area contributed by atoms with E-state index in [1.807, 2.05) is 30.3 Å². The highest BCUT2D eigenvalue weighted by Crippen LogP contribution is 2.45. The molecule has 0 spiro atoms. The molecular weight excluding hydrogens is 450 g/mol. The van der Waals surface area contributed by atoms with Crippen LogP contribution < -0.4 is 4.74 Å². The van der Waals surface area contributed by atoms with E-state index in [2.05, 4.69) is 45.1 Å². The van der Waals surface area contributed by atoms with Gasteiger partial charge < -0.3 is 9.84 Å². The summed E-state index contributed by atoms with van der Waals surface area (Å²) in [6.45, 7) is 2.51. The minimum Gasteiger partial charge on any atom is -0.508 e. The Kier molecular flexibility index (Phi) is 6.14. The van der Waals surface area contributed by atoms with Gasteiger partial charge in [0.1, 0.15) is 11.5 Å². The van der Waals surface area contributed by atoms with Crippen LogP contribution in [-0.2, 0) is 6.54 Å². The Bertz CT molecular complexity index is 1010. The van der Waals surface area contributed by atoms with Gasteiger partial charge in [-0.1, -0.05) is 63.9 Å². The molecule has 3 aromatic carbocycles. The molecule has 0 radical (unpaired) electrons. The van der Waals surface area contributed by atoms with E-state index in [0.717, 1.165) is 41.0 Å². The summed E-state index contributed by atoms with van der Waals surface area (Å²) in [4.78, 5) is 2.42. The molecule has 29 heavy (non-hydrogen) atoms. The molecular formula is C24H23BrClNO2. The fraction of sp³-hybridized carbons (Fsp3) is 0.250. The molecule has 2 unspecified atom stereocenters. The molecule has 4 rings (SSSR count). The van der Waals surface area contributed by atoms with Crippen molar-refractivity contribution < 1.29 is 9.84 Å². The molecule has 5 heteroatoms. The van der Waals surface area contributed by atoms with Crippen LogP contribution in [0.4, 0.5) is 0 Å². The van der Waals surface area contributed by atoms with Gasteiger partial charge in [0.2, 0.25) is 0 Å². The number of hydrogen-bond donors (Lipinski definition) is 1. The number of nitrogens with zero attached hydrogens (tertiary/aromatic N) is 1. The third kappa shape index (κ3) is 4.30. The van der Waals surface area contributed by atoms with Crippen molar-refractivity contribution in [2.24, 2.45) is 0 Å². The lowest BCUT2D eigenvalue weighted by molar-refractivity contribution is 0.313. The van der Waals surface area contributed by atoms with Gasteiger partial charge in [-0.15, -0.1) is 0 Å². The molecule has 0 aromatic heterocycles. The van der Waals surface area contributed by atoms with Gasteiger partial charge in [0, 0.05) is 52.1 Å². The Labute approximate surface area is 185 Å². The Morgan fingerprint density at radius 2 is 1.69 bits per heavy atom. The number of likely N-dealkylation sites (tertiary alicyclic amines) is 1. The van der Waals surface area contributed by atoms with Crippen LogP contribution in [0.5, 0.6) is 11.5 Å². The van der Waals surface area contributed by atoms with E-state index in [1.165, 1.54) is 5.56 Å². The molecule has 0 aliphatic carbocycles. The number of aromatic hydroxyl groups is 1. The number of phenols is 1. The van der Waals surface area contributed by atoms with Crippen molar-refractivity contribution >= 4 is 27.5 Å². The fourth-order valence-corrected chi connectivity index (χ4v) is 5.08. The van der Waals surface area contributed by atoms with Crippen molar-refractivity contribution in [1.82, 2.24) is 4.90 Å². The first kappa shape index (κ1) is 20.3. The second-order valence-electron chi connectivity index (χ2n) is 7.44. The van der Waals surface area contributed by atoms with Crippen LogP contribution in [0.1, 0.15) is 28.5 Å². The van der Waals surface area contributed by atoms with Crippen LogP contribution in [0.25, 0.3) is 0 Å². The Balaban J connectivity index is 1.69. The van der Waals surface area contributed by atoms with Gasteiger partial charge in [-0.2, -0.15) is 0 Å². The van der Waals surface area contributed by atoms with Gasteiger partial charge >= 0.3 is 0 Å². The van der Waals surface area contributed by atoms with Crippen LogP contribution in [-0.4, -0.2) is 30.2 Å². The zero-order valence-electron chi connectivity index (χ0n) is 16.2. The second-order valence-corrected chi connectivity index (χ2v) is 8.73. The molecule has 1 fully saturated rings. The quantitative estimate of drug-likeness (QED) is 0.480. The average Bonchev–Trinajstić information content (AvgIpc) is 3.14. The molecule has 1 heterocycles. The third-order valence-electron chi connectivity index (χ3n) is 5.68. The predicted molar refractivity (Wildman–Crippen MR) is 121 cm³/mol. The van der Waals surface area contributed by atoms with Gasteiger partial charge in [0.05, 0.1) is 7.11 Å². The summed E-state index contributed by atoms with van der Waals surface area (Å²) in [6.07, 6.45) is 0. The molecule has 3 aromatic rings. The van der Waals surface area contributed by atoms with Crippen molar-refractivity contribution in [2.75, 3.05) is 20.2 Å². The first-order valence-corrected chi connectivity index (χ1v) is 10.8. The average molecular weight is 473 g/mol. The minimum absolute atomic E-state index is 0.141. The second kappa shape index (κ2) is 8.78. The number of methoxy groups -OCH3 is 1. The van der Waals surface area contributed by atoms with E-state index in [0.29, 0.717) is 10.8 Å². The summed E-state index contributed by atoms with van der Waals surface area (Å²) in [5, 5.41) is 11.2. The summed E-state index contributed by atoms with van der Waals surface area (Å²) in [5.41, 5.74) is 3.32. The number of benzene rings is 3. The SMILES string of the molecule is COc1ccccc1CN1CC(c2cc(Cl)ccc2O)C(c2ccccc2Br)C1. The fourth-order valence-electron chi connectivity index (χ4n) is 4.32. The maximum Gasteiger partial charge on any atom is 0.123 e. The van der Waals surface area contributed by atoms with Crippen molar-refractivity contribution in [3.8, 4) is 11.5 Å². The number of para-hydroxylation sites is 1. The van der Waals surface area contributed by atoms with Crippen LogP contribution in [0.3, 0.4) is 0 Å². The molecule has 0 bridgehead atoms. The van der Waals surface area contributed by atoms with Gasteiger partial charge in [0.25, 0.3) is 0 Å². The van der Waals surface area contributed by atoms with E-state index in [-0.39, 0.29) is 11.8 Å². The predicted octanol–water partition coefficient (Wildman–Crippen LogP) is 6.20. The Morgan fingerprint density at radius 1 is 1.00 bits per heavy atom. The summed E-state index contributed by atoms with van der Waals surface area (Å²) in [7, 11) is 1.71. The first-order valence-electron chi connectivity index (χ1n) is 9.64. The van der Waals surface area contributed by atoms with Gasteiger partial charge in [-0.3, -0.25) is 4.90 Å². The summed E-state index contributed by atoms with van der Waals surface area (Å²) < 4.78 is 6.63. The van der Waals surface area contributed by atoms with E-state index in [1.54, 1.807) is 19.2 Å². The maximum absolute atomic E-state index is 10.6. The zero-order valence-corrected chi connectivity index (χ0v) is 18.5. The minimum atomic E-state index is 0.141. The lowest BCUT2D eigenvalue weighted by Gasteiger charge is -2.21. The van der Waals surface area contributed by atoms with Crippen LogP contribution in [0.15, 0.2) is 71.2 Å². The molecule has 0 saturated carbocycles. The van der Waals surface area contributed by atoms with Crippen LogP contribution in [0, 0.1) is 0 Å². The number of rotatable bonds is 5. The Morgan fingerprint density at radius 3 is 2.45 bits per heavy atom. The topological polar surface area (TPSA) is 32.7 Å². The van der Waals surface area contributed by atoms with E-state index in [4.69, 9.17) is 16.3 Å². The van der Waals surface area contributed by atoms with Crippen molar-refractivity contribution in [1.29, 1.82) is 0 Å². The van der Waals surface area contributed by atoms with Gasteiger partial charge in [0.15, 0.2) is 0 Å². The Hall–Kier alpha value is -2.01. The molecule has 1 N–H and O–H groups in total. The summed E-state index contributed by atoms with van der Waals surface area (Å²) in [6, 6.07) is 21.8. The molecule has 1 aliphatic heterocycles. The van der Waals surface area contributed by atoms with Crippen LogP contribution in [0.2, 0.25) is 5.02 Å². The lowest BCUT2D eigenvalue weighted by atomic mass is 9.84. The van der Waals surface area contributed by atoms with Gasteiger partial charge in [-0.05, 0) is 35.9 Å². The zero-order chi connectivity index (χ0) is 20.4. The normalized spacial score (nSPS) is 19.4. The smallest absolute Gasteiger partial charge is 0.123 e. The molecule has 150 valence electrons. The maximum atomic E-state index is 10.6. The molecule has 3 nitrogen and oxygen atoms in total. The molecule has 2 atom stereocenters. The first-order chi connectivity index (χ1) is 14.1. The number of phenolic OH excluding ortho intramolecular Hbond substituents is 1. The lowest BCUT2D eigenvalue weighted by Crippen LogP contribution is -2.20. The molecule has 1 saturated heterocycles. The summed E-state index contributed by atoms with van der Waals surface area (Å²) >= 11 is 10.00. The van der Waals surface area contributed by atoms with Gasteiger partial charge in [-0.25, -0.2) is 0 Å². The van der Waals surface area contributed by atoms with Crippen LogP contribution >= 0.6 is 27.5 Å². The monoisotopic (exact) mass is 471 g/mol. The highest BCUT2D eigenvalue weighted by atomic mass is 79.9. The van der Waals surface area contributed by atoms with E-state index >= 15 is 0 Å². The highest BCUT2D eigenvalue weighted by Gasteiger charge is 2.37. The molecule has 1 aliphatic rings. The number of hydrogen-bond acceptors (Lipinski definition) is 3. The van der Waals surface area contributed by atoms with Crippen molar-refractivity contribution in [3.63, 3.8) is 0 Å². The molecule has 0 amide bonds. The van der Waals surface area contributed by atoms with E-state index < -0.39 is 0 Å². The standard InChI is InChI=1S/C24H23BrClNO2/c1-29-24-9-5-2-6-16(24)13-27-14-20(18-7-3-4-8-22(18)25)21(15-27)19-12-17(26)10-11-23(19)28/h2-12,20-21,28H,13-15H2,1H3. The third-order valence-corrected chi connectivity index (χ3v) is 6.63.